The summed E-state index contributed by atoms with van der Waals surface area (Å²) in [6.07, 6.45) is 1.63. The second-order valence-corrected chi connectivity index (χ2v) is 4.99. The highest BCUT2D eigenvalue weighted by Crippen LogP contribution is 2.14. The Morgan fingerprint density at radius 2 is 1.74 bits per heavy atom. The van der Waals surface area contributed by atoms with Gasteiger partial charge in [-0.05, 0) is 44.9 Å². The molecule has 0 saturated carbocycles. The highest BCUT2D eigenvalue weighted by atomic mass is 14.9. The Morgan fingerprint density at radius 3 is 2.32 bits per heavy atom. The summed E-state index contributed by atoms with van der Waals surface area (Å²) >= 11 is 0. The van der Waals surface area contributed by atoms with Gasteiger partial charge in [-0.2, -0.15) is 0 Å². The standard InChI is InChI=1S/C16H21N3/c1-11-5-4-6-14(9-11)10-16-18-12(2)15(7-8-17)13(3)19-16/h4-6,9H,7-8,10,17H2,1-3H3. The largest absolute Gasteiger partial charge is 0.330 e. The number of hydrogen-bond donors (Lipinski definition) is 1. The van der Waals surface area contributed by atoms with Crippen molar-refractivity contribution in [2.24, 2.45) is 5.73 Å². The van der Waals surface area contributed by atoms with Gasteiger partial charge >= 0.3 is 0 Å². The minimum absolute atomic E-state index is 0.641. The van der Waals surface area contributed by atoms with E-state index in [0.29, 0.717) is 6.54 Å². The van der Waals surface area contributed by atoms with E-state index >= 15 is 0 Å². The SMILES string of the molecule is Cc1cccc(Cc2nc(C)c(CCN)c(C)n2)c1. The minimum atomic E-state index is 0.641. The van der Waals surface area contributed by atoms with E-state index < -0.39 is 0 Å². The molecule has 0 aliphatic rings. The molecule has 19 heavy (non-hydrogen) atoms. The third-order valence-electron chi connectivity index (χ3n) is 3.31. The molecule has 1 heterocycles. The van der Waals surface area contributed by atoms with Crippen LogP contribution >= 0.6 is 0 Å². The van der Waals surface area contributed by atoms with Gasteiger partial charge in [0.05, 0.1) is 0 Å². The predicted molar refractivity (Wildman–Crippen MR) is 78.2 cm³/mol. The molecule has 0 radical (unpaired) electrons. The lowest BCUT2D eigenvalue weighted by molar-refractivity contribution is 0.850. The zero-order chi connectivity index (χ0) is 13.8. The molecular weight excluding hydrogens is 234 g/mol. The monoisotopic (exact) mass is 255 g/mol. The van der Waals surface area contributed by atoms with Crippen molar-refractivity contribution in [3.63, 3.8) is 0 Å². The summed E-state index contributed by atoms with van der Waals surface area (Å²) in [5.41, 5.74) is 11.4. The third-order valence-corrected chi connectivity index (χ3v) is 3.31. The second kappa shape index (κ2) is 5.93. The average Bonchev–Trinajstić information content (AvgIpc) is 2.34. The molecule has 2 N–H and O–H groups in total. The lowest BCUT2D eigenvalue weighted by Gasteiger charge is -2.10. The van der Waals surface area contributed by atoms with Crippen LogP contribution in [-0.4, -0.2) is 16.5 Å². The quantitative estimate of drug-likeness (QED) is 0.913. The molecule has 1 aromatic heterocycles. The zero-order valence-corrected chi connectivity index (χ0v) is 11.9. The fraction of sp³-hybridized carbons (Fsp3) is 0.375. The van der Waals surface area contributed by atoms with Crippen molar-refractivity contribution in [2.75, 3.05) is 6.54 Å². The van der Waals surface area contributed by atoms with Crippen LogP contribution in [0.5, 0.6) is 0 Å². The van der Waals surface area contributed by atoms with Gasteiger partial charge in [0.15, 0.2) is 0 Å². The molecule has 2 rings (SSSR count). The van der Waals surface area contributed by atoms with Crippen LogP contribution in [0.25, 0.3) is 0 Å². The first-order chi connectivity index (χ1) is 9.10. The van der Waals surface area contributed by atoms with Gasteiger partial charge in [-0.15, -0.1) is 0 Å². The molecule has 0 saturated heterocycles. The zero-order valence-electron chi connectivity index (χ0n) is 11.9. The van der Waals surface area contributed by atoms with Crippen LogP contribution in [0.2, 0.25) is 0 Å². The third kappa shape index (κ3) is 3.38. The molecule has 0 fully saturated rings. The Morgan fingerprint density at radius 1 is 1.05 bits per heavy atom. The average molecular weight is 255 g/mol. The van der Waals surface area contributed by atoms with Crippen LogP contribution in [0.15, 0.2) is 24.3 Å². The summed E-state index contributed by atoms with van der Waals surface area (Å²) in [6.45, 7) is 6.83. The van der Waals surface area contributed by atoms with Crippen molar-refractivity contribution in [3.05, 3.63) is 58.2 Å². The molecule has 3 heteroatoms. The highest BCUT2D eigenvalue weighted by Gasteiger charge is 2.08. The van der Waals surface area contributed by atoms with Crippen molar-refractivity contribution in [1.29, 1.82) is 0 Å². The van der Waals surface area contributed by atoms with Gasteiger partial charge < -0.3 is 5.73 Å². The maximum atomic E-state index is 5.62. The first-order valence-corrected chi connectivity index (χ1v) is 6.68. The number of nitrogens with two attached hydrogens (primary N) is 1. The molecule has 0 amide bonds. The van der Waals surface area contributed by atoms with Gasteiger partial charge in [-0.25, -0.2) is 9.97 Å². The van der Waals surface area contributed by atoms with E-state index in [2.05, 4.69) is 41.2 Å². The molecule has 0 unspecified atom stereocenters. The van der Waals surface area contributed by atoms with E-state index in [9.17, 15) is 0 Å². The Bertz CT molecular complexity index is 553. The fourth-order valence-electron chi connectivity index (χ4n) is 2.40. The van der Waals surface area contributed by atoms with Crippen molar-refractivity contribution >= 4 is 0 Å². The summed E-state index contributed by atoms with van der Waals surface area (Å²) in [4.78, 5) is 9.22. The summed E-state index contributed by atoms with van der Waals surface area (Å²) in [6, 6.07) is 8.48. The number of aromatic nitrogens is 2. The number of aryl methyl sites for hydroxylation is 3. The van der Waals surface area contributed by atoms with Gasteiger partial charge in [0, 0.05) is 17.8 Å². The Hall–Kier alpha value is -1.74. The van der Waals surface area contributed by atoms with Gasteiger partial charge in [0.1, 0.15) is 5.82 Å². The van der Waals surface area contributed by atoms with E-state index in [1.807, 2.05) is 13.8 Å². The lowest BCUT2D eigenvalue weighted by atomic mass is 10.1. The molecule has 0 aliphatic carbocycles. The molecule has 3 nitrogen and oxygen atoms in total. The molecule has 0 atom stereocenters. The van der Waals surface area contributed by atoms with E-state index in [0.717, 1.165) is 30.1 Å². The Kier molecular flexibility index (Phi) is 4.27. The fourth-order valence-corrected chi connectivity index (χ4v) is 2.40. The number of hydrogen-bond acceptors (Lipinski definition) is 3. The van der Waals surface area contributed by atoms with Gasteiger partial charge in [-0.3, -0.25) is 0 Å². The van der Waals surface area contributed by atoms with Crippen molar-refractivity contribution < 1.29 is 0 Å². The second-order valence-electron chi connectivity index (χ2n) is 4.99. The number of nitrogens with zero attached hydrogens (tertiary/aromatic N) is 2. The predicted octanol–water partition coefficient (Wildman–Crippen LogP) is 2.49. The van der Waals surface area contributed by atoms with Crippen LogP contribution in [0.4, 0.5) is 0 Å². The van der Waals surface area contributed by atoms with Crippen LogP contribution in [0.1, 0.15) is 33.9 Å². The number of rotatable bonds is 4. The summed E-state index contributed by atoms with van der Waals surface area (Å²) in [7, 11) is 0. The summed E-state index contributed by atoms with van der Waals surface area (Å²) in [5, 5.41) is 0. The molecular formula is C16H21N3. The normalized spacial score (nSPS) is 10.7. The van der Waals surface area contributed by atoms with Crippen LogP contribution in [0.3, 0.4) is 0 Å². The molecule has 2 aromatic rings. The van der Waals surface area contributed by atoms with E-state index in [1.54, 1.807) is 0 Å². The van der Waals surface area contributed by atoms with Crippen LogP contribution in [-0.2, 0) is 12.8 Å². The highest BCUT2D eigenvalue weighted by molar-refractivity contribution is 5.28. The molecule has 1 aromatic carbocycles. The maximum absolute atomic E-state index is 5.62. The van der Waals surface area contributed by atoms with Gasteiger partial charge in [-0.1, -0.05) is 29.8 Å². The van der Waals surface area contributed by atoms with Crippen LogP contribution in [0, 0.1) is 20.8 Å². The Balaban J connectivity index is 2.27. The summed E-state index contributed by atoms with van der Waals surface area (Å²) in [5.74, 6) is 0.890. The van der Waals surface area contributed by atoms with E-state index in [1.165, 1.54) is 16.7 Å². The molecule has 100 valence electrons. The summed E-state index contributed by atoms with van der Waals surface area (Å²) < 4.78 is 0. The van der Waals surface area contributed by atoms with E-state index in [4.69, 9.17) is 5.73 Å². The van der Waals surface area contributed by atoms with Crippen LogP contribution < -0.4 is 5.73 Å². The van der Waals surface area contributed by atoms with Gasteiger partial charge in [0.25, 0.3) is 0 Å². The number of benzene rings is 1. The van der Waals surface area contributed by atoms with Crippen molar-refractivity contribution in [3.8, 4) is 0 Å². The van der Waals surface area contributed by atoms with Gasteiger partial charge in [0.2, 0.25) is 0 Å². The topological polar surface area (TPSA) is 51.8 Å². The van der Waals surface area contributed by atoms with E-state index in [-0.39, 0.29) is 0 Å². The van der Waals surface area contributed by atoms with Crippen molar-refractivity contribution in [2.45, 2.75) is 33.6 Å². The first kappa shape index (κ1) is 13.7. The minimum Gasteiger partial charge on any atom is -0.330 e. The first-order valence-electron chi connectivity index (χ1n) is 6.68. The van der Waals surface area contributed by atoms with Crippen molar-refractivity contribution in [1.82, 2.24) is 9.97 Å². The molecule has 0 bridgehead atoms. The lowest BCUT2D eigenvalue weighted by Crippen LogP contribution is -2.10. The molecule has 0 spiro atoms. The molecule has 0 aliphatic heterocycles. The smallest absolute Gasteiger partial charge is 0.133 e. The Labute approximate surface area is 114 Å². The maximum Gasteiger partial charge on any atom is 0.133 e.